The molecule has 0 fully saturated rings. The van der Waals surface area contributed by atoms with Crippen molar-refractivity contribution in [2.24, 2.45) is 0 Å². The summed E-state index contributed by atoms with van der Waals surface area (Å²) in [6.45, 7) is 2.23. The van der Waals surface area contributed by atoms with Crippen LogP contribution in [0.4, 0.5) is 0 Å². The van der Waals surface area contributed by atoms with Crippen LogP contribution in [0.2, 0.25) is 0 Å². The summed E-state index contributed by atoms with van der Waals surface area (Å²) < 4.78 is 5.75. The van der Waals surface area contributed by atoms with Crippen LogP contribution in [0.1, 0.15) is 89.9 Å². The van der Waals surface area contributed by atoms with Crippen molar-refractivity contribution < 1.29 is 9.52 Å². The van der Waals surface area contributed by atoms with Crippen molar-refractivity contribution in [1.29, 1.82) is 0 Å². The van der Waals surface area contributed by atoms with Gasteiger partial charge in [-0.25, -0.2) is 4.98 Å². The largest absolute Gasteiger partial charge is 0.441 e. The second-order valence-corrected chi connectivity index (χ2v) is 7.58. The summed E-state index contributed by atoms with van der Waals surface area (Å²) in [5, 5.41) is 10.1. The molecular weight excluding hydrogens is 334 g/mol. The molecule has 1 aromatic heterocycles. The Kier molecular flexibility index (Phi) is 10.9. The molecule has 1 atom stereocenters. The molecule has 0 aliphatic rings. The third-order valence-electron chi connectivity index (χ3n) is 5.07. The molecule has 1 heterocycles. The van der Waals surface area contributed by atoms with E-state index in [-0.39, 0.29) is 6.10 Å². The number of fused-ring (bicyclic) bond motifs is 1. The summed E-state index contributed by atoms with van der Waals surface area (Å²) in [6, 6.07) is 7.94. The number of aliphatic hydroxyl groups excluding tert-OH is 1. The highest BCUT2D eigenvalue weighted by atomic mass is 16.3. The fourth-order valence-corrected chi connectivity index (χ4v) is 3.39. The number of aromatic nitrogens is 1. The standard InChI is InChI=1S/C24H37NO2/c1-2-3-4-5-6-8-11-16-21(26)17-12-9-7-10-13-20-24-25-22-18-14-15-19-23(22)27-24/h6,8,14-15,18-19,21,26H,2-5,7,9-13,16-17,20H2,1H3/b8-6-/t21-/m0/s1. The first kappa shape index (κ1) is 21.7. The molecule has 0 saturated carbocycles. The van der Waals surface area contributed by atoms with E-state index in [0.717, 1.165) is 55.5 Å². The van der Waals surface area contributed by atoms with Gasteiger partial charge in [-0.2, -0.15) is 0 Å². The first-order valence-corrected chi connectivity index (χ1v) is 11.0. The second-order valence-electron chi connectivity index (χ2n) is 7.58. The molecule has 0 unspecified atom stereocenters. The fourth-order valence-electron chi connectivity index (χ4n) is 3.39. The van der Waals surface area contributed by atoms with Crippen molar-refractivity contribution in [3.8, 4) is 0 Å². The molecule has 3 nitrogen and oxygen atoms in total. The zero-order chi connectivity index (χ0) is 19.2. The van der Waals surface area contributed by atoms with Gasteiger partial charge in [0.25, 0.3) is 0 Å². The molecule has 0 amide bonds. The van der Waals surface area contributed by atoms with Gasteiger partial charge in [0.05, 0.1) is 6.10 Å². The van der Waals surface area contributed by atoms with E-state index in [4.69, 9.17) is 4.42 Å². The lowest BCUT2D eigenvalue weighted by Crippen LogP contribution is -2.05. The number of hydrogen-bond donors (Lipinski definition) is 1. The molecule has 27 heavy (non-hydrogen) atoms. The average molecular weight is 372 g/mol. The number of allylic oxidation sites excluding steroid dienone is 2. The highest BCUT2D eigenvalue weighted by molar-refractivity contribution is 5.72. The van der Waals surface area contributed by atoms with Crippen LogP contribution in [-0.4, -0.2) is 16.2 Å². The van der Waals surface area contributed by atoms with E-state index >= 15 is 0 Å². The van der Waals surface area contributed by atoms with E-state index in [9.17, 15) is 5.11 Å². The molecule has 1 aromatic carbocycles. The van der Waals surface area contributed by atoms with Gasteiger partial charge in [0.1, 0.15) is 5.52 Å². The van der Waals surface area contributed by atoms with E-state index in [1.807, 2.05) is 24.3 Å². The lowest BCUT2D eigenvalue weighted by molar-refractivity contribution is 0.152. The molecule has 0 spiro atoms. The molecule has 0 bridgehead atoms. The van der Waals surface area contributed by atoms with Gasteiger partial charge in [-0.15, -0.1) is 0 Å². The molecule has 0 radical (unpaired) electrons. The topological polar surface area (TPSA) is 46.3 Å². The molecule has 150 valence electrons. The molecule has 0 saturated heterocycles. The van der Waals surface area contributed by atoms with E-state index in [0.29, 0.717) is 0 Å². The highest BCUT2D eigenvalue weighted by Crippen LogP contribution is 2.17. The zero-order valence-electron chi connectivity index (χ0n) is 17.0. The Bertz CT molecular complexity index is 614. The van der Waals surface area contributed by atoms with Crippen LogP contribution in [0.5, 0.6) is 0 Å². The van der Waals surface area contributed by atoms with Gasteiger partial charge in [-0.05, 0) is 50.7 Å². The number of unbranched alkanes of at least 4 members (excludes halogenated alkanes) is 7. The predicted molar refractivity (Wildman–Crippen MR) is 114 cm³/mol. The van der Waals surface area contributed by atoms with Crippen molar-refractivity contribution in [2.45, 2.75) is 96.5 Å². The summed E-state index contributed by atoms with van der Waals surface area (Å²) >= 11 is 0. The third kappa shape index (κ3) is 9.23. The third-order valence-corrected chi connectivity index (χ3v) is 5.07. The summed E-state index contributed by atoms with van der Waals surface area (Å²) in [5.74, 6) is 0.856. The number of para-hydroxylation sites is 2. The summed E-state index contributed by atoms with van der Waals surface area (Å²) in [6.07, 6.45) is 19.1. The van der Waals surface area contributed by atoms with Gasteiger partial charge in [0.15, 0.2) is 11.5 Å². The van der Waals surface area contributed by atoms with Crippen molar-refractivity contribution >= 4 is 11.1 Å². The lowest BCUT2D eigenvalue weighted by Gasteiger charge is -2.08. The normalized spacial score (nSPS) is 13.0. The van der Waals surface area contributed by atoms with E-state index in [1.165, 1.54) is 44.9 Å². The van der Waals surface area contributed by atoms with E-state index < -0.39 is 0 Å². The second kappa shape index (κ2) is 13.5. The van der Waals surface area contributed by atoms with Crippen LogP contribution in [0, 0.1) is 0 Å². The minimum Gasteiger partial charge on any atom is -0.441 e. The fraction of sp³-hybridized carbons (Fsp3) is 0.625. The van der Waals surface area contributed by atoms with Gasteiger partial charge < -0.3 is 9.52 Å². The number of rotatable bonds is 15. The molecule has 0 aliphatic heterocycles. The van der Waals surface area contributed by atoms with Crippen LogP contribution in [0.3, 0.4) is 0 Å². The Morgan fingerprint density at radius 2 is 1.70 bits per heavy atom. The smallest absolute Gasteiger partial charge is 0.195 e. The minimum absolute atomic E-state index is 0.134. The van der Waals surface area contributed by atoms with Gasteiger partial charge in [-0.3, -0.25) is 0 Å². The Morgan fingerprint density at radius 1 is 0.926 bits per heavy atom. The number of aliphatic hydroxyl groups is 1. The molecule has 2 rings (SSSR count). The van der Waals surface area contributed by atoms with Gasteiger partial charge in [0, 0.05) is 6.42 Å². The maximum atomic E-state index is 10.1. The van der Waals surface area contributed by atoms with Crippen LogP contribution >= 0.6 is 0 Å². The van der Waals surface area contributed by atoms with Gasteiger partial charge in [-0.1, -0.05) is 69.7 Å². The number of oxazole rings is 1. The molecule has 1 N–H and O–H groups in total. The van der Waals surface area contributed by atoms with Gasteiger partial charge >= 0.3 is 0 Å². The average Bonchev–Trinajstić information content (AvgIpc) is 3.09. The first-order chi connectivity index (χ1) is 13.3. The Hall–Kier alpha value is -1.61. The summed E-state index contributed by atoms with van der Waals surface area (Å²) in [5.41, 5.74) is 1.84. The molecule has 3 heteroatoms. The maximum Gasteiger partial charge on any atom is 0.195 e. The van der Waals surface area contributed by atoms with Gasteiger partial charge in [0.2, 0.25) is 0 Å². The first-order valence-electron chi connectivity index (χ1n) is 11.0. The maximum absolute atomic E-state index is 10.1. The van der Waals surface area contributed by atoms with Crippen LogP contribution in [0.15, 0.2) is 40.8 Å². The lowest BCUT2D eigenvalue weighted by atomic mass is 10.0. The van der Waals surface area contributed by atoms with Crippen molar-refractivity contribution in [2.75, 3.05) is 0 Å². The molecule has 0 aliphatic carbocycles. The SMILES string of the molecule is CCCCC/C=C\CC[C@H](O)CCCCCCCc1nc2ccccc2o1. The minimum atomic E-state index is -0.134. The Labute approximate surface area is 164 Å². The van der Waals surface area contributed by atoms with Crippen LogP contribution in [-0.2, 0) is 6.42 Å². The molecular formula is C24H37NO2. The quantitative estimate of drug-likeness (QED) is 0.271. The van der Waals surface area contributed by atoms with Crippen LogP contribution < -0.4 is 0 Å². The molecule has 2 aromatic rings. The van der Waals surface area contributed by atoms with Crippen LogP contribution in [0.25, 0.3) is 11.1 Å². The predicted octanol–water partition coefficient (Wildman–Crippen LogP) is 6.99. The number of aryl methyl sites for hydroxylation is 1. The number of hydrogen-bond acceptors (Lipinski definition) is 3. The summed E-state index contributed by atoms with van der Waals surface area (Å²) in [4.78, 5) is 4.52. The van der Waals surface area contributed by atoms with Crippen molar-refractivity contribution in [1.82, 2.24) is 4.98 Å². The highest BCUT2D eigenvalue weighted by Gasteiger charge is 2.05. The monoisotopic (exact) mass is 371 g/mol. The van der Waals surface area contributed by atoms with E-state index in [2.05, 4.69) is 24.1 Å². The Morgan fingerprint density at radius 3 is 2.56 bits per heavy atom. The Balaban J connectivity index is 1.42. The summed E-state index contributed by atoms with van der Waals surface area (Å²) in [7, 11) is 0. The van der Waals surface area contributed by atoms with Crippen molar-refractivity contribution in [3.63, 3.8) is 0 Å². The van der Waals surface area contributed by atoms with E-state index in [1.54, 1.807) is 0 Å². The zero-order valence-corrected chi connectivity index (χ0v) is 17.0. The number of benzene rings is 1. The number of nitrogens with zero attached hydrogens (tertiary/aromatic N) is 1. The van der Waals surface area contributed by atoms with Crippen molar-refractivity contribution in [3.05, 3.63) is 42.3 Å².